The van der Waals surface area contributed by atoms with Crippen LogP contribution in [0.25, 0.3) is 11.2 Å². The summed E-state index contributed by atoms with van der Waals surface area (Å²) < 4.78 is 15.0. The number of aliphatic hydroxyl groups is 2. The van der Waals surface area contributed by atoms with Gasteiger partial charge in [0.2, 0.25) is 0 Å². The van der Waals surface area contributed by atoms with Crippen LogP contribution in [-0.4, -0.2) is 72.4 Å². The largest absolute Gasteiger partial charge is 0.493 e. The van der Waals surface area contributed by atoms with Crippen LogP contribution in [-0.2, 0) is 25.4 Å². The predicted octanol–water partition coefficient (Wildman–Crippen LogP) is -1.25. The Kier molecular flexibility index (Phi) is 6.55. The van der Waals surface area contributed by atoms with Gasteiger partial charge in [0.1, 0.15) is 29.7 Å². The first kappa shape index (κ1) is 23.7. The van der Waals surface area contributed by atoms with Gasteiger partial charge in [-0.2, -0.15) is 0 Å². The van der Waals surface area contributed by atoms with E-state index >= 15 is 0 Å². The van der Waals surface area contributed by atoms with Gasteiger partial charge in [-0.15, -0.1) is 0 Å². The Morgan fingerprint density at radius 1 is 1.21 bits per heavy atom. The minimum absolute atomic E-state index is 0.0308. The fourth-order valence-electron chi connectivity index (χ4n) is 4.12. The van der Waals surface area contributed by atoms with Crippen LogP contribution in [0.15, 0.2) is 40.2 Å². The average Bonchev–Trinajstić information content (AvgIpc) is 3.25. The van der Waals surface area contributed by atoms with Crippen LogP contribution in [0.1, 0.15) is 17.3 Å². The minimum atomic E-state index is -1.35. The van der Waals surface area contributed by atoms with Crippen LogP contribution in [0.4, 0.5) is 0 Å². The summed E-state index contributed by atoms with van der Waals surface area (Å²) in [6.45, 7) is 2.17. The van der Waals surface area contributed by atoms with E-state index < -0.39 is 41.5 Å². The Balaban J connectivity index is 1.50. The van der Waals surface area contributed by atoms with Gasteiger partial charge >= 0.3 is 5.69 Å². The summed E-state index contributed by atoms with van der Waals surface area (Å²) in [5.74, 6) is -0.0512. The van der Waals surface area contributed by atoms with Gasteiger partial charge in [0.15, 0.2) is 5.52 Å². The van der Waals surface area contributed by atoms with Crippen molar-refractivity contribution >= 4 is 17.1 Å². The first-order chi connectivity index (χ1) is 16.2. The van der Waals surface area contributed by atoms with Crippen LogP contribution in [0, 0.1) is 0 Å². The Hall–Kier alpha value is -3.48. The lowest BCUT2D eigenvalue weighted by atomic mass is 9.97. The standard InChI is InChI=1S/C22H27N5O7/c1-4-33-14-8-6-5-7-12(14)19(30)24-13-10-34-15(18(29)17(13)28)9-27-11-23-16-20(27)25(2)22(32)26(3)21(16)31/h5-8,11,13,15,17-18,28-29H,4,9-10H2,1-3H3,(H,24,30)/t13-,15-,17+,18-/m1/s1. The number of nitrogens with one attached hydrogen (secondary N) is 1. The molecular formula is C22H27N5O7. The lowest BCUT2D eigenvalue weighted by Gasteiger charge is -2.38. The van der Waals surface area contributed by atoms with Gasteiger partial charge < -0.3 is 29.6 Å². The second kappa shape index (κ2) is 9.41. The van der Waals surface area contributed by atoms with Gasteiger partial charge in [-0.25, -0.2) is 9.78 Å². The fraction of sp³-hybridized carbons (Fsp3) is 0.455. The van der Waals surface area contributed by atoms with E-state index in [4.69, 9.17) is 9.47 Å². The molecule has 2 aromatic heterocycles. The highest BCUT2D eigenvalue weighted by Crippen LogP contribution is 2.21. The summed E-state index contributed by atoms with van der Waals surface area (Å²) in [4.78, 5) is 41.5. The molecular weight excluding hydrogens is 446 g/mol. The molecule has 0 aliphatic carbocycles. The van der Waals surface area contributed by atoms with Gasteiger partial charge in [-0.1, -0.05) is 12.1 Å². The molecule has 1 saturated heterocycles. The summed E-state index contributed by atoms with van der Waals surface area (Å²) in [7, 11) is 2.88. The summed E-state index contributed by atoms with van der Waals surface area (Å²) in [6.07, 6.45) is -2.14. The van der Waals surface area contributed by atoms with E-state index in [1.54, 1.807) is 24.3 Å². The summed E-state index contributed by atoms with van der Waals surface area (Å²) in [5, 5.41) is 24.1. The third kappa shape index (κ3) is 4.11. The molecule has 3 aromatic rings. The number of amides is 1. The number of ether oxygens (including phenoxy) is 2. The molecule has 0 radical (unpaired) electrons. The van der Waals surface area contributed by atoms with Crippen molar-refractivity contribution < 1.29 is 24.5 Å². The number of aromatic nitrogens is 4. The van der Waals surface area contributed by atoms with E-state index in [0.717, 1.165) is 4.57 Å². The number of rotatable bonds is 6. The molecule has 34 heavy (non-hydrogen) atoms. The van der Waals surface area contributed by atoms with Crippen LogP contribution in [0.3, 0.4) is 0 Å². The number of benzene rings is 1. The van der Waals surface area contributed by atoms with Crippen LogP contribution in [0.2, 0.25) is 0 Å². The quantitative estimate of drug-likeness (QED) is 0.402. The van der Waals surface area contributed by atoms with E-state index in [2.05, 4.69) is 10.3 Å². The van der Waals surface area contributed by atoms with Crippen molar-refractivity contribution in [2.24, 2.45) is 14.1 Å². The van der Waals surface area contributed by atoms with Crippen molar-refractivity contribution in [2.45, 2.75) is 37.8 Å². The number of carbonyl (C=O) groups is 1. The van der Waals surface area contributed by atoms with Crippen LogP contribution in [0.5, 0.6) is 5.75 Å². The number of aryl methyl sites for hydroxylation is 1. The maximum atomic E-state index is 12.8. The zero-order valence-corrected chi connectivity index (χ0v) is 19.0. The Morgan fingerprint density at radius 3 is 2.68 bits per heavy atom. The SMILES string of the molecule is CCOc1ccccc1C(=O)N[C@@H]1CO[C@H](Cn2cnc3c(=O)n(C)c(=O)n(C)c32)[C@@H](O)[C@H]1O. The monoisotopic (exact) mass is 473 g/mol. The molecule has 1 aliphatic heterocycles. The molecule has 12 nitrogen and oxygen atoms in total. The van der Waals surface area contributed by atoms with Gasteiger partial charge in [0.05, 0.1) is 37.7 Å². The third-order valence-electron chi connectivity index (χ3n) is 5.97. The highest BCUT2D eigenvalue weighted by molar-refractivity contribution is 5.97. The van der Waals surface area contributed by atoms with Crippen molar-refractivity contribution in [3.8, 4) is 5.75 Å². The molecule has 1 fully saturated rings. The molecule has 4 rings (SSSR count). The normalized spacial score (nSPS) is 22.6. The van der Waals surface area contributed by atoms with Gasteiger partial charge in [-0.05, 0) is 19.1 Å². The lowest BCUT2D eigenvalue weighted by Crippen LogP contribution is -2.60. The van der Waals surface area contributed by atoms with Gasteiger partial charge in [-0.3, -0.25) is 18.7 Å². The molecule has 4 atom stereocenters. The van der Waals surface area contributed by atoms with Crippen molar-refractivity contribution in [3.05, 3.63) is 57.0 Å². The number of para-hydroxylation sites is 1. The smallest absolute Gasteiger partial charge is 0.332 e. The van der Waals surface area contributed by atoms with Crippen molar-refractivity contribution in [3.63, 3.8) is 0 Å². The summed E-state index contributed by atoms with van der Waals surface area (Å²) >= 11 is 0. The third-order valence-corrected chi connectivity index (χ3v) is 5.97. The Bertz CT molecular complexity index is 1330. The number of carbonyl (C=O) groups excluding carboxylic acids is 1. The van der Waals surface area contributed by atoms with Gasteiger partial charge in [0, 0.05) is 14.1 Å². The maximum Gasteiger partial charge on any atom is 0.332 e. The molecule has 1 aromatic carbocycles. The molecule has 0 spiro atoms. The summed E-state index contributed by atoms with van der Waals surface area (Å²) in [6, 6.07) is 5.87. The molecule has 0 bridgehead atoms. The molecule has 3 heterocycles. The number of aliphatic hydroxyl groups excluding tert-OH is 2. The highest BCUT2D eigenvalue weighted by atomic mass is 16.5. The van der Waals surface area contributed by atoms with E-state index in [1.807, 2.05) is 6.92 Å². The van der Waals surface area contributed by atoms with E-state index in [1.165, 1.54) is 29.6 Å². The molecule has 12 heteroatoms. The predicted molar refractivity (Wildman–Crippen MR) is 121 cm³/mol. The van der Waals surface area contributed by atoms with Crippen molar-refractivity contribution in [1.82, 2.24) is 24.0 Å². The Labute approximate surface area is 194 Å². The van der Waals surface area contributed by atoms with Crippen LogP contribution < -0.4 is 21.3 Å². The minimum Gasteiger partial charge on any atom is -0.493 e. The molecule has 0 unspecified atom stereocenters. The second-order valence-electron chi connectivity index (χ2n) is 8.14. The van der Waals surface area contributed by atoms with Gasteiger partial charge in [0.25, 0.3) is 11.5 Å². The van der Waals surface area contributed by atoms with Crippen molar-refractivity contribution in [1.29, 1.82) is 0 Å². The maximum absolute atomic E-state index is 12.8. The zero-order valence-electron chi connectivity index (χ0n) is 19.0. The van der Waals surface area contributed by atoms with E-state index in [9.17, 15) is 24.6 Å². The summed E-state index contributed by atoms with van der Waals surface area (Å²) in [5.41, 5.74) is -0.355. The fourth-order valence-corrected chi connectivity index (χ4v) is 4.12. The second-order valence-corrected chi connectivity index (χ2v) is 8.14. The number of hydrogen-bond acceptors (Lipinski definition) is 8. The number of hydrogen-bond donors (Lipinski definition) is 3. The van der Waals surface area contributed by atoms with Crippen LogP contribution >= 0.6 is 0 Å². The Morgan fingerprint density at radius 2 is 1.94 bits per heavy atom. The zero-order chi connectivity index (χ0) is 24.6. The highest BCUT2D eigenvalue weighted by Gasteiger charge is 2.39. The number of fused-ring (bicyclic) bond motifs is 1. The number of imidazole rings is 1. The topological polar surface area (TPSA) is 150 Å². The first-order valence-corrected chi connectivity index (χ1v) is 10.9. The average molecular weight is 473 g/mol. The van der Waals surface area contributed by atoms with Crippen molar-refractivity contribution in [2.75, 3.05) is 13.2 Å². The van der Waals surface area contributed by atoms with E-state index in [0.29, 0.717) is 17.9 Å². The molecule has 182 valence electrons. The molecule has 3 N–H and O–H groups in total. The van der Waals surface area contributed by atoms with E-state index in [-0.39, 0.29) is 24.3 Å². The molecule has 1 aliphatic rings. The first-order valence-electron chi connectivity index (χ1n) is 10.9. The lowest BCUT2D eigenvalue weighted by molar-refractivity contribution is -0.152. The number of nitrogens with zero attached hydrogens (tertiary/aromatic N) is 4. The molecule has 0 saturated carbocycles. The molecule has 1 amide bonds.